The van der Waals surface area contributed by atoms with E-state index in [1.54, 1.807) is 68.8 Å². The van der Waals surface area contributed by atoms with Gasteiger partial charge >= 0.3 is 12.4 Å². The van der Waals surface area contributed by atoms with Gasteiger partial charge in [-0.05, 0) is 127 Å². The molecule has 7 rings (SSSR count). The van der Waals surface area contributed by atoms with Gasteiger partial charge in [-0.15, -0.1) is 0 Å². The van der Waals surface area contributed by atoms with Crippen molar-refractivity contribution in [1.29, 1.82) is 5.26 Å². The summed E-state index contributed by atoms with van der Waals surface area (Å²) in [6, 6.07) is 29.6. The maximum Gasteiger partial charge on any atom is 0.416 e. The monoisotopic (exact) mass is 781 g/mol. The normalized spacial score (nSPS) is 11.8. The Hall–Kier alpha value is -6.81. The molecule has 0 aliphatic carbocycles. The molecule has 0 bridgehead atoms. The molecule has 13 heteroatoms. The lowest BCUT2D eigenvalue weighted by Gasteiger charge is -2.31. The van der Waals surface area contributed by atoms with Crippen LogP contribution in [0.1, 0.15) is 22.3 Å². The maximum absolute atomic E-state index is 14.2. The number of hydrogen-bond acceptors (Lipinski definition) is 6. The molecule has 0 aliphatic rings. The van der Waals surface area contributed by atoms with Crippen LogP contribution in [0, 0.1) is 18.3 Å². The number of aromatic nitrogens is 1. The second-order valence-corrected chi connectivity index (χ2v) is 13.1. The molecule has 6 aromatic carbocycles. The van der Waals surface area contributed by atoms with E-state index in [1.807, 2.05) is 40.7 Å². The van der Waals surface area contributed by atoms with Gasteiger partial charge in [-0.3, -0.25) is 0 Å². The quantitative estimate of drug-likeness (QED) is 0.136. The van der Waals surface area contributed by atoms with E-state index in [4.69, 9.17) is 18.9 Å². The molecule has 1 heterocycles. The fourth-order valence-corrected chi connectivity index (χ4v) is 7.02. The highest BCUT2D eigenvalue weighted by molar-refractivity contribution is 6.11. The van der Waals surface area contributed by atoms with Gasteiger partial charge in [0.15, 0.2) is 0 Å². The van der Waals surface area contributed by atoms with Crippen molar-refractivity contribution in [1.82, 2.24) is 4.57 Å². The summed E-state index contributed by atoms with van der Waals surface area (Å²) < 4.78 is 109. The van der Waals surface area contributed by atoms with Gasteiger partial charge in [0.25, 0.3) is 0 Å². The topological polar surface area (TPSA) is 68.9 Å². The van der Waals surface area contributed by atoms with Crippen molar-refractivity contribution in [2.24, 2.45) is 0 Å². The Morgan fingerprint density at radius 2 is 1.05 bits per heavy atom. The van der Waals surface area contributed by atoms with E-state index in [9.17, 15) is 31.6 Å². The SMILES string of the molecule is COc1ccc(N(c2ccc(OC)cc2C)c2cc(-c3cc(C(F)(F)F)cc(C(F)(F)F)c3)c(C#N)cc2-n2c3ccc(OC)cc3c3cc(OC)ccc32)cc1. The van der Waals surface area contributed by atoms with Gasteiger partial charge in [0.05, 0.1) is 73.6 Å². The van der Waals surface area contributed by atoms with Crippen LogP contribution in [0.4, 0.5) is 43.4 Å². The third kappa shape index (κ3) is 7.10. The van der Waals surface area contributed by atoms with E-state index in [0.717, 1.165) is 16.3 Å². The van der Waals surface area contributed by atoms with Crippen molar-refractivity contribution in [3.63, 3.8) is 0 Å². The van der Waals surface area contributed by atoms with Gasteiger partial charge in [-0.1, -0.05) is 0 Å². The summed E-state index contributed by atoms with van der Waals surface area (Å²) in [5.74, 6) is 2.23. The summed E-state index contributed by atoms with van der Waals surface area (Å²) in [5, 5.41) is 12.2. The van der Waals surface area contributed by atoms with Crippen LogP contribution in [-0.2, 0) is 12.4 Å². The largest absolute Gasteiger partial charge is 0.497 e. The first-order valence-electron chi connectivity index (χ1n) is 17.3. The number of methoxy groups -OCH3 is 4. The van der Waals surface area contributed by atoms with Gasteiger partial charge in [0, 0.05) is 27.7 Å². The number of anilines is 3. The van der Waals surface area contributed by atoms with E-state index in [1.165, 1.54) is 26.4 Å². The Morgan fingerprint density at radius 1 is 0.561 bits per heavy atom. The molecule has 0 unspecified atom stereocenters. The number of alkyl halides is 6. The summed E-state index contributed by atoms with van der Waals surface area (Å²) in [5.41, 5.74) is 0.131. The molecule has 0 N–H and O–H groups in total. The summed E-state index contributed by atoms with van der Waals surface area (Å²) in [4.78, 5) is 1.83. The first kappa shape index (κ1) is 38.5. The molecule has 0 radical (unpaired) electrons. The summed E-state index contributed by atoms with van der Waals surface area (Å²) >= 11 is 0. The van der Waals surface area contributed by atoms with Crippen LogP contribution >= 0.6 is 0 Å². The fraction of sp³-hybridized carbons (Fsp3) is 0.159. The lowest BCUT2D eigenvalue weighted by molar-refractivity contribution is -0.143. The van der Waals surface area contributed by atoms with Crippen molar-refractivity contribution in [3.05, 3.63) is 131 Å². The number of hydrogen-bond donors (Lipinski definition) is 0. The minimum atomic E-state index is -5.12. The van der Waals surface area contributed by atoms with Gasteiger partial charge in [0.2, 0.25) is 0 Å². The highest BCUT2D eigenvalue weighted by Gasteiger charge is 2.37. The molecule has 7 aromatic rings. The number of rotatable bonds is 9. The molecule has 0 fully saturated rings. The van der Waals surface area contributed by atoms with Gasteiger partial charge < -0.3 is 28.4 Å². The van der Waals surface area contributed by atoms with Crippen molar-refractivity contribution in [2.75, 3.05) is 33.3 Å². The lowest BCUT2D eigenvalue weighted by Crippen LogP contribution is -2.15. The molecule has 0 amide bonds. The van der Waals surface area contributed by atoms with E-state index >= 15 is 0 Å². The van der Waals surface area contributed by atoms with Crippen molar-refractivity contribution in [3.8, 4) is 45.9 Å². The number of nitrogens with zero attached hydrogens (tertiary/aromatic N) is 3. The van der Waals surface area contributed by atoms with Gasteiger partial charge in [-0.25, -0.2) is 0 Å². The smallest absolute Gasteiger partial charge is 0.416 e. The number of halogens is 6. The Morgan fingerprint density at radius 3 is 1.53 bits per heavy atom. The Kier molecular flexibility index (Phi) is 9.91. The zero-order chi connectivity index (χ0) is 40.8. The molecule has 1 aromatic heterocycles. The second kappa shape index (κ2) is 14.7. The van der Waals surface area contributed by atoms with Crippen LogP contribution in [0.25, 0.3) is 38.6 Å². The molecule has 0 atom stereocenters. The molecule has 0 saturated heterocycles. The van der Waals surface area contributed by atoms with E-state index in [-0.39, 0.29) is 17.2 Å². The van der Waals surface area contributed by atoms with Crippen molar-refractivity contribution in [2.45, 2.75) is 19.3 Å². The van der Waals surface area contributed by atoms with Gasteiger partial charge in [-0.2, -0.15) is 31.6 Å². The molecule has 0 spiro atoms. The highest BCUT2D eigenvalue weighted by atomic mass is 19.4. The standard InChI is InChI=1S/C44H33F6N3O4/c1-25-16-32(55-3)10-13-38(25)52(30-6-8-31(54-2)9-7-30)42-23-35(26-17-28(43(45,46)47)20-29(18-26)44(48,49)50)27(24-51)19-41(42)53-39-14-11-33(56-4)21-36(39)37-22-34(57-5)12-15-40(37)53/h6-23H,1-5H3. The van der Waals surface area contributed by atoms with Crippen LogP contribution < -0.4 is 23.8 Å². The predicted octanol–water partition coefficient (Wildman–Crippen LogP) is 12.2. The Labute approximate surface area is 323 Å². The molecule has 290 valence electrons. The summed E-state index contributed by atoms with van der Waals surface area (Å²) in [6.07, 6.45) is -10.2. The first-order chi connectivity index (χ1) is 27.2. The van der Waals surface area contributed by atoms with Gasteiger partial charge in [0.1, 0.15) is 23.0 Å². The fourth-order valence-electron chi connectivity index (χ4n) is 7.02. The summed E-state index contributed by atoms with van der Waals surface area (Å²) in [7, 11) is 6.12. The predicted molar refractivity (Wildman–Crippen MR) is 207 cm³/mol. The Balaban J connectivity index is 1.67. The Bertz CT molecular complexity index is 2600. The van der Waals surface area contributed by atoms with Crippen LogP contribution in [0.5, 0.6) is 23.0 Å². The summed E-state index contributed by atoms with van der Waals surface area (Å²) in [6.45, 7) is 1.85. The minimum absolute atomic E-state index is 0.0653. The molecule has 7 nitrogen and oxygen atoms in total. The molecule has 0 saturated carbocycles. The van der Waals surface area contributed by atoms with E-state index < -0.39 is 29.0 Å². The molecular formula is C44H33F6N3O4. The number of ether oxygens (including phenoxy) is 4. The van der Waals surface area contributed by atoms with E-state index in [0.29, 0.717) is 68.9 Å². The molecular weight excluding hydrogens is 748 g/mol. The van der Waals surface area contributed by atoms with Crippen molar-refractivity contribution >= 4 is 38.9 Å². The number of nitriles is 1. The third-order valence-corrected chi connectivity index (χ3v) is 9.77. The average Bonchev–Trinajstić information content (AvgIpc) is 3.53. The first-order valence-corrected chi connectivity index (χ1v) is 17.3. The number of benzene rings is 6. The third-order valence-electron chi connectivity index (χ3n) is 9.77. The second-order valence-electron chi connectivity index (χ2n) is 13.1. The van der Waals surface area contributed by atoms with Crippen LogP contribution in [0.2, 0.25) is 0 Å². The molecule has 0 aliphatic heterocycles. The van der Waals surface area contributed by atoms with Crippen LogP contribution in [0.15, 0.2) is 109 Å². The minimum Gasteiger partial charge on any atom is -0.497 e. The molecule has 57 heavy (non-hydrogen) atoms. The zero-order valence-electron chi connectivity index (χ0n) is 31.1. The average molecular weight is 782 g/mol. The van der Waals surface area contributed by atoms with Crippen LogP contribution in [0.3, 0.4) is 0 Å². The van der Waals surface area contributed by atoms with Crippen molar-refractivity contribution < 1.29 is 45.3 Å². The number of fused-ring (bicyclic) bond motifs is 3. The number of aryl methyl sites for hydroxylation is 1. The van der Waals surface area contributed by atoms with Crippen LogP contribution in [-0.4, -0.2) is 33.0 Å². The highest BCUT2D eigenvalue weighted by Crippen LogP contribution is 2.48. The maximum atomic E-state index is 14.2. The zero-order valence-corrected chi connectivity index (χ0v) is 31.1. The lowest BCUT2D eigenvalue weighted by atomic mass is 9.94. The van der Waals surface area contributed by atoms with E-state index in [2.05, 4.69) is 6.07 Å².